The second kappa shape index (κ2) is 9.57. The van der Waals surface area contributed by atoms with Crippen molar-refractivity contribution >= 4 is 28.8 Å². The Morgan fingerprint density at radius 3 is 2.62 bits per heavy atom. The third-order valence-corrected chi connectivity index (χ3v) is 6.98. The molecule has 0 unspecified atom stereocenters. The van der Waals surface area contributed by atoms with Gasteiger partial charge < -0.3 is 9.80 Å². The van der Waals surface area contributed by atoms with Crippen LogP contribution in [-0.2, 0) is 0 Å². The highest BCUT2D eigenvalue weighted by atomic mass is 35.5. The summed E-state index contributed by atoms with van der Waals surface area (Å²) in [7, 11) is 0. The lowest BCUT2D eigenvalue weighted by Gasteiger charge is -2.35. The molecule has 0 radical (unpaired) electrons. The van der Waals surface area contributed by atoms with Crippen LogP contribution < -0.4 is 4.90 Å². The first kappa shape index (κ1) is 23.0. The lowest BCUT2D eigenvalue weighted by molar-refractivity contribution is 0.0746. The second-order valence-electron chi connectivity index (χ2n) is 9.18. The number of aromatic nitrogens is 4. The number of anilines is 1. The molecule has 8 nitrogen and oxygen atoms in total. The first-order valence-electron chi connectivity index (χ1n) is 12.1. The van der Waals surface area contributed by atoms with Gasteiger partial charge in [-0.25, -0.2) is 14.5 Å². The van der Waals surface area contributed by atoms with E-state index < -0.39 is 0 Å². The summed E-state index contributed by atoms with van der Waals surface area (Å²) in [5, 5.41) is 13.9. The number of carbonyl (C=O) groups is 1. The van der Waals surface area contributed by atoms with Crippen molar-refractivity contribution in [2.24, 2.45) is 5.92 Å². The van der Waals surface area contributed by atoms with Crippen molar-refractivity contribution < 1.29 is 4.79 Å². The highest BCUT2D eigenvalue weighted by Gasteiger charge is 2.25. The summed E-state index contributed by atoms with van der Waals surface area (Å²) in [5.74, 6) is 7.50. The van der Waals surface area contributed by atoms with E-state index in [-0.39, 0.29) is 11.1 Å². The molecule has 1 saturated heterocycles. The van der Waals surface area contributed by atoms with Crippen molar-refractivity contribution in [1.82, 2.24) is 24.5 Å². The van der Waals surface area contributed by atoms with Crippen LogP contribution in [0.2, 0.25) is 5.15 Å². The van der Waals surface area contributed by atoms with Crippen LogP contribution in [0.1, 0.15) is 34.3 Å². The third kappa shape index (κ3) is 4.60. The molecule has 6 rings (SSSR count). The maximum absolute atomic E-state index is 13.2. The number of fused-ring (bicyclic) bond motifs is 1. The Labute approximate surface area is 219 Å². The highest BCUT2D eigenvalue weighted by molar-refractivity contribution is 6.32. The molecule has 1 aliphatic carbocycles. The molecular weight excluding hydrogens is 486 g/mol. The molecule has 182 valence electrons. The predicted octanol–water partition coefficient (Wildman–Crippen LogP) is 4.04. The van der Waals surface area contributed by atoms with Gasteiger partial charge in [0, 0.05) is 67.4 Å². The van der Waals surface area contributed by atoms with Crippen LogP contribution in [0.3, 0.4) is 0 Å². The predicted molar refractivity (Wildman–Crippen MR) is 140 cm³/mol. The average molecular weight is 508 g/mol. The van der Waals surface area contributed by atoms with E-state index in [4.69, 9.17) is 11.6 Å². The monoisotopic (exact) mass is 507 g/mol. The fourth-order valence-corrected chi connectivity index (χ4v) is 4.66. The minimum absolute atomic E-state index is 0.127. The highest BCUT2D eigenvalue weighted by Crippen LogP contribution is 2.29. The molecule has 0 atom stereocenters. The molecular formula is C28H22ClN7O. The maximum Gasteiger partial charge on any atom is 0.257 e. The number of halogens is 1. The number of nitrogens with zero attached hydrogens (tertiary/aromatic N) is 7. The summed E-state index contributed by atoms with van der Waals surface area (Å²) in [4.78, 5) is 26.0. The summed E-state index contributed by atoms with van der Waals surface area (Å²) in [6.07, 6.45) is 9.12. The van der Waals surface area contributed by atoms with E-state index in [2.05, 4.69) is 37.9 Å². The number of nitriles is 1. The SMILES string of the molecule is N#Cc1cnn2cccc(-c3ccc(N4CCN(C(=O)c5cc(C#CC6CC6)cnc5Cl)CC4)nc3)c12. The lowest BCUT2D eigenvalue weighted by Crippen LogP contribution is -2.49. The van der Waals surface area contributed by atoms with Gasteiger partial charge in [0.15, 0.2) is 0 Å². The summed E-state index contributed by atoms with van der Waals surface area (Å²) < 4.78 is 1.70. The van der Waals surface area contributed by atoms with E-state index in [1.165, 1.54) is 0 Å². The normalized spacial score (nSPS) is 15.2. The summed E-state index contributed by atoms with van der Waals surface area (Å²) in [6.45, 7) is 2.41. The number of pyridine rings is 3. The van der Waals surface area contributed by atoms with Gasteiger partial charge in [-0.05, 0) is 37.1 Å². The molecule has 2 fully saturated rings. The van der Waals surface area contributed by atoms with Crippen molar-refractivity contribution in [1.29, 1.82) is 5.26 Å². The van der Waals surface area contributed by atoms with Crippen molar-refractivity contribution in [3.8, 4) is 29.0 Å². The zero-order chi connectivity index (χ0) is 25.4. The lowest BCUT2D eigenvalue weighted by atomic mass is 10.1. The molecule has 0 aromatic carbocycles. The largest absolute Gasteiger partial charge is 0.353 e. The minimum atomic E-state index is -0.127. The van der Waals surface area contributed by atoms with Gasteiger partial charge in [0.05, 0.1) is 22.8 Å². The smallest absolute Gasteiger partial charge is 0.257 e. The standard InChI is InChI=1S/C28H22ClN7O/c29-27-24(14-20(16-32-27)6-5-19-3-4-19)28(37)35-12-10-34(11-13-35)25-8-7-21(17-31-25)23-2-1-9-36-26(23)22(15-30)18-33-36/h1-2,7-9,14,16-19H,3-4,10-13H2. The maximum atomic E-state index is 13.2. The fraction of sp³-hybridized carbons (Fsp3) is 0.250. The van der Waals surface area contributed by atoms with Gasteiger partial charge >= 0.3 is 0 Å². The Morgan fingerprint density at radius 1 is 1.05 bits per heavy atom. The first-order chi connectivity index (χ1) is 18.1. The Hall–Kier alpha value is -4.40. The Kier molecular flexibility index (Phi) is 5.96. The van der Waals surface area contributed by atoms with Gasteiger partial charge in [-0.2, -0.15) is 10.4 Å². The number of carbonyl (C=O) groups excluding carboxylic acids is 1. The third-order valence-electron chi connectivity index (χ3n) is 6.68. The fourth-order valence-electron chi connectivity index (χ4n) is 4.48. The van der Waals surface area contributed by atoms with Crippen molar-refractivity contribution in [3.63, 3.8) is 0 Å². The Balaban J connectivity index is 1.14. The van der Waals surface area contributed by atoms with Crippen LogP contribution in [0.15, 0.2) is 55.1 Å². The quantitative estimate of drug-likeness (QED) is 0.307. The van der Waals surface area contributed by atoms with Crippen molar-refractivity contribution in [2.75, 3.05) is 31.1 Å². The Bertz CT molecular complexity index is 1600. The van der Waals surface area contributed by atoms with Gasteiger partial charge in [0.1, 0.15) is 17.0 Å². The molecule has 2 aliphatic rings. The topological polar surface area (TPSA) is 90.4 Å². The van der Waals surface area contributed by atoms with Crippen LogP contribution in [0, 0.1) is 29.1 Å². The van der Waals surface area contributed by atoms with Crippen molar-refractivity contribution in [3.05, 3.63) is 77.0 Å². The molecule has 0 bridgehead atoms. The van der Waals surface area contributed by atoms with Crippen LogP contribution >= 0.6 is 11.6 Å². The summed E-state index contributed by atoms with van der Waals surface area (Å²) in [5.41, 5.74) is 4.22. The van der Waals surface area contributed by atoms with Crippen LogP contribution in [-0.4, -0.2) is 56.6 Å². The molecule has 0 spiro atoms. The number of hydrogen-bond donors (Lipinski definition) is 0. The number of hydrogen-bond acceptors (Lipinski definition) is 6. The number of rotatable bonds is 3. The molecule has 1 aliphatic heterocycles. The zero-order valence-electron chi connectivity index (χ0n) is 19.9. The van der Waals surface area contributed by atoms with E-state index in [1.54, 1.807) is 27.9 Å². The van der Waals surface area contributed by atoms with Crippen LogP contribution in [0.5, 0.6) is 0 Å². The van der Waals surface area contributed by atoms with E-state index in [0.29, 0.717) is 43.2 Å². The molecule has 4 aromatic heterocycles. The van der Waals surface area contributed by atoms with E-state index in [9.17, 15) is 10.1 Å². The van der Waals surface area contributed by atoms with Gasteiger partial charge in [-0.1, -0.05) is 29.5 Å². The summed E-state index contributed by atoms with van der Waals surface area (Å²) in [6, 6.07) is 11.8. The van der Waals surface area contributed by atoms with Gasteiger partial charge in [-0.15, -0.1) is 0 Å². The molecule has 5 heterocycles. The molecule has 1 saturated carbocycles. The van der Waals surface area contributed by atoms with E-state index >= 15 is 0 Å². The zero-order valence-corrected chi connectivity index (χ0v) is 20.7. The molecule has 37 heavy (non-hydrogen) atoms. The minimum Gasteiger partial charge on any atom is -0.353 e. The van der Waals surface area contributed by atoms with Crippen LogP contribution in [0.25, 0.3) is 16.6 Å². The van der Waals surface area contributed by atoms with Gasteiger partial charge in [-0.3, -0.25) is 4.79 Å². The molecule has 1 amide bonds. The molecule has 9 heteroatoms. The van der Waals surface area contributed by atoms with Gasteiger partial charge in [0.25, 0.3) is 5.91 Å². The first-order valence-corrected chi connectivity index (χ1v) is 12.5. The van der Waals surface area contributed by atoms with E-state index in [1.807, 2.05) is 36.7 Å². The van der Waals surface area contributed by atoms with Crippen molar-refractivity contribution in [2.45, 2.75) is 12.8 Å². The van der Waals surface area contributed by atoms with Gasteiger partial charge in [0.2, 0.25) is 0 Å². The average Bonchev–Trinajstić information content (AvgIpc) is 3.68. The summed E-state index contributed by atoms with van der Waals surface area (Å²) >= 11 is 6.27. The molecule has 4 aromatic rings. The van der Waals surface area contributed by atoms with E-state index in [0.717, 1.165) is 40.9 Å². The number of amides is 1. The molecule has 0 N–H and O–H groups in total. The van der Waals surface area contributed by atoms with Crippen LogP contribution in [0.4, 0.5) is 5.82 Å². The Morgan fingerprint density at radius 2 is 1.89 bits per heavy atom. The second-order valence-corrected chi connectivity index (χ2v) is 9.53. The number of piperazine rings is 1.